The first kappa shape index (κ1) is 14.2. The van der Waals surface area contributed by atoms with Gasteiger partial charge in [-0.3, -0.25) is 4.79 Å². The lowest BCUT2D eigenvalue weighted by Gasteiger charge is -2.15. The Hall–Kier alpha value is -0.750. The number of carbonyl (C=O) groups excluding carboxylic acids is 1. The molecule has 0 saturated carbocycles. The van der Waals surface area contributed by atoms with Crippen molar-refractivity contribution in [1.29, 1.82) is 0 Å². The van der Waals surface area contributed by atoms with Crippen LogP contribution in [0.25, 0.3) is 0 Å². The van der Waals surface area contributed by atoms with Gasteiger partial charge >= 0.3 is 0 Å². The number of alkyl halides is 2. The molecule has 0 aliphatic heterocycles. The molecule has 15 heavy (non-hydrogen) atoms. The molecule has 0 aliphatic carbocycles. The van der Waals surface area contributed by atoms with Gasteiger partial charge in [0.25, 0.3) is 6.43 Å². The van der Waals surface area contributed by atoms with E-state index >= 15 is 0 Å². The van der Waals surface area contributed by atoms with Gasteiger partial charge in [0.05, 0.1) is 6.04 Å². The Labute approximate surface area is 87.8 Å². The summed E-state index contributed by atoms with van der Waals surface area (Å²) in [6, 6.07) is -0.713. The first-order chi connectivity index (χ1) is 6.84. The Kier molecular flexibility index (Phi) is 6.35. The van der Waals surface area contributed by atoms with Crippen LogP contribution in [-0.2, 0) is 4.79 Å². The standard InChI is InChI=1S/C9H18F2N2O2/c1-5(2)3-6(12)9(15)13-4-7(14)8(10)11/h5-8,14H,3-4,12H2,1-2H3,(H,13,15). The summed E-state index contributed by atoms with van der Waals surface area (Å²) in [6.45, 7) is 3.34. The van der Waals surface area contributed by atoms with Crippen LogP contribution in [0.1, 0.15) is 20.3 Å². The van der Waals surface area contributed by atoms with Crippen molar-refractivity contribution < 1.29 is 18.7 Å². The number of rotatable bonds is 6. The predicted octanol–water partition coefficient (Wildman–Crippen LogP) is 0.102. The zero-order valence-corrected chi connectivity index (χ0v) is 8.91. The third-order valence-corrected chi connectivity index (χ3v) is 1.84. The Balaban J connectivity index is 3.83. The van der Waals surface area contributed by atoms with Crippen LogP contribution < -0.4 is 11.1 Å². The van der Waals surface area contributed by atoms with E-state index < -0.39 is 31.0 Å². The van der Waals surface area contributed by atoms with E-state index in [1.807, 2.05) is 13.8 Å². The van der Waals surface area contributed by atoms with Crippen LogP contribution in [0.4, 0.5) is 8.78 Å². The van der Waals surface area contributed by atoms with E-state index in [4.69, 9.17) is 10.8 Å². The highest BCUT2D eigenvalue weighted by Crippen LogP contribution is 2.03. The van der Waals surface area contributed by atoms with Gasteiger partial charge in [0.1, 0.15) is 6.10 Å². The van der Waals surface area contributed by atoms with Gasteiger partial charge in [0, 0.05) is 6.54 Å². The number of amides is 1. The smallest absolute Gasteiger partial charge is 0.265 e. The SMILES string of the molecule is CC(C)CC(N)C(=O)NCC(O)C(F)F. The van der Waals surface area contributed by atoms with Crippen molar-refractivity contribution >= 4 is 5.91 Å². The Morgan fingerprint density at radius 3 is 2.40 bits per heavy atom. The molecule has 0 bridgehead atoms. The highest BCUT2D eigenvalue weighted by molar-refractivity contribution is 5.81. The van der Waals surface area contributed by atoms with Crippen molar-refractivity contribution in [3.05, 3.63) is 0 Å². The summed E-state index contributed by atoms with van der Waals surface area (Å²) >= 11 is 0. The molecule has 0 aromatic carbocycles. The predicted molar refractivity (Wildman–Crippen MR) is 52.5 cm³/mol. The third-order valence-electron chi connectivity index (χ3n) is 1.84. The van der Waals surface area contributed by atoms with Gasteiger partial charge in [-0.15, -0.1) is 0 Å². The quantitative estimate of drug-likeness (QED) is 0.599. The monoisotopic (exact) mass is 224 g/mol. The van der Waals surface area contributed by atoms with Crippen LogP contribution in [0.2, 0.25) is 0 Å². The average Bonchev–Trinajstić information content (AvgIpc) is 2.12. The number of hydrogen-bond donors (Lipinski definition) is 3. The highest BCUT2D eigenvalue weighted by Gasteiger charge is 2.20. The molecule has 2 atom stereocenters. The van der Waals surface area contributed by atoms with Gasteiger partial charge in [0.2, 0.25) is 5.91 Å². The molecule has 2 unspecified atom stereocenters. The zero-order valence-electron chi connectivity index (χ0n) is 8.91. The van der Waals surface area contributed by atoms with Crippen molar-refractivity contribution in [3.8, 4) is 0 Å². The molecule has 0 saturated heterocycles. The maximum Gasteiger partial charge on any atom is 0.265 e. The third kappa shape index (κ3) is 6.35. The molecule has 4 N–H and O–H groups in total. The molecule has 0 heterocycles. The molecule has 0 aromatic rings. The molecule has 0 fully saturated rings. The minimum atomic E-state index is -2.85. The highest BCUT2D eigenvalue weighted by atomic mass is 19.3. The number of aliphatic hydroxyl groups excluding tert-OH is 1. The maximum absolute atomic E-state index is 11.9. The van der Waals surface area contributed by atoms with Gasteiger partial charge in [-0.25, -0.2) is 8.78 Å². The number of nitrogens with one attached hydrogen (secondary N) is 1. The maximum atomic E-state index is 11.9. The topological polar surface area (TPSA) is 75.4 Å². The lowest BCUT2D eigenvalue weighted by Crippen LogP contribution is -2.45. The number of halogens is 2. The molecule has 0 rings (SSSR count). The molecule has 0 spiro atoms. The number of nitrogens with two attached hydrogens (primary N) is 1. The summed E-state index contributed by atoms with van der Waals surface area (Å²) in [7, 11) is 0. The molecule has 6 heteroatoms. The summed E-state index contributed by atoms with van der Waals surface area (Å²) in [5.74, 6) is -0.255. The fraction of sp³-hybridized carbons (Fsp3) is 0.889. The Bertz CT molecular complexity index is 201. The Morgan fingerprint density at radius 2 is 2.00 bits per heavy atom. The molecule has 90 valence electrons. The molecule has 0 aromatic heterocycles. The van der Waals surface area contributed by atoms with Crippen LogP contribution in [0.15, 0.2) is 0 Å². The van der Waals surface area contributed by atoms with Gasteiger partial charge < -0.3 is 16.2 Å². The van der Waals surface area contributed by atoms with Crippen molar-refractivity contribution in [2.75, 3.05) is 6.54 Å². The summed E-state index contributed by atoms with van der Waals surface area (Å²) in [5.41, 5.74) is 5.50. The first-order valence-electron chi connectivity index (χ1n) is 4.84. The molecule has 0 radical (unpaired) electrons. The lowest BCUT2D eigenvalue weighted by molar-refractivity contribution is -0.123. The number of aliphatic hydroxyl groups is 1. The summed E-state index contributed by atoms with van der Waals surface area (Å²) in [5, 5.41) is 10.9. The van der Waals surface area contributed by atoms with Crippen molar-refractivity contribution in [1.82, 2.24) is 5.32 Å². The van der Waals surface area contributed by atoms with Gasteiger partial charge in [-0.1, -0.05) is 13.8 Å². The first-order valence-corrected chi connectivity index (χ1v) is 4.84. The van der Waals surface area contributed by atoms with E-state index in [1.165, 1.54) is 0 Å². The zero-order chi connectivity index (χ0) is 12.0. The van der Waals surface area contributed by atoms with Gasteiger partial charge in [-0.05, 0) is 12.3 Å². The van der Waals surface area contributed by atoms with Gasteiger partial charge in [-0.2, -0.15) is 0 Å². The molecular weight excluding hydrogens is 206 g/mol. The van der Waals surface area contributed by atoms with Crippen molar-refractivity contribution in [3.63, 3.8) is 0 Å². The largest absolute Gasteiger partial charge is 0.385 e. The molecule has 4 nitrogen and oxygen atoms in total. The summed E-state index contributed by atoms with van der Waals surface area (Å²) < 4.78 is 23.7. The fourth-order valence-corrected chi connectivity index (χ4v) is 1.04. The average molecular weight is 224 g/mol. The summed E-state index contributed by atoms with van der Waals surface area (Å²) in [6.07, 6.45) is -4.21. The van der Waals surface area contributed by atoms with Crippen molar-refractivity contribution in [2.45, 2.75) is 38.8 Å². The van der Waals surface area contributed by atoms with E-state index in [1.54, 1.807) is 0 Å². The second kappa shape index (κ2) is 6.68. The van der Waals surface area contributed by atoms with Crippen LogP contribution >= 0.6 is 0 Å². The lowest BCUT2D eigenvalue weighted by atomic mass is 10.0. The second-order valence-electron chi connectivity index (χ2n) is 3.88. The van der Waals surface area contributed by atoms with Crippen LogP contribution in [0, 0.1) is 5.92 Å². The van der Waals surface area contributed by atoms with E-state index in [2.05, 4.69) is 5.32 Å². The fourth-order valence-electron chi connectivity index (χ4n) is 1.04. The number of hydrogen-bond acceptors (Lipinski definition) is 3. The van der Waals surface area contributed by atoms with E-state index in [0.29, 0.717) is 6.42 Å². The minimum absolute atomic E-state index is 0.255. The van der Waals surface area contributed by atoms with Crippen LogP contribution in [0.3, 0.4) is 0 Å². The van der Waals surface area contributed by atoms with Crippen LogP contribution in [0.5, 0.6) is 0 Å². The van der Waals surface area contributed by atoms with Crippen molar-refractivity contribution in [2.24, 2.45) is 11.7 Å². The van der Waals surface area contributed by atoms with E-state index in [0.717, 1.165) is 0 Å². The molecular formula is C9H18F2N2O2. The second-order valence-corrected chi connectivity index (χ2v) is 3.88. The minimum Gasteiger partial charge on any atom is -0.385 e. The van der Waals surface area contributed by atoms with E-state index in [-0.39, 0.29) is 5.92 Å². The summed E-state index contributed by atoms with van der Waals surface area (Å²) in [4.78, 5) is 11.2. The molecule has 0 aliphatic rings. The normalized spacial score (nSPS) is 15.5. The van der Waals surface area contributed by atoms with Crippen LogP contribution in [-0.4, -0.2) is 36.1 Å². The number of carbonyl (C=O) groups is 1. The Morgan fingerprint density at radius 1 is 1.47 bits per heavy atom. The van der Waals surface area contributed by atoms with Gasteiger partial charge in [0.15, 0.2) is 0 Å². The van der Waals surface area contributed by atoms with E-state index in [9.17, 15) is 13.6 Å². The molecule has 1 amide bonds.